The second kappa shape index (κ2) is 5.57. The van der Waals surface area contributed by atoms with Gasteiger partial charge in [-0.1, -0.05) is 23.5 Å². The molecule has 0 aliphatic rings. The summed E-state index contributed by atoms with van der Waals surface area (Å²) in [5, 5.41) is 6.81. The number of para-hydroxylation sites is 1. The highest BCUT2D eigenvalue weighted by Gasteiger charge is 2.20. The average Bonchev–Trinajstić information content (AvgIpc) is 3.06. The van der Waals surface area contributed by atoms with Gasteiger partial charge >= 0.3 is 5.97 Å². The predicted molar refractivity (Wildman–Crippen MR) is 81.3 cm³/mol. The van der Waals surface area contributed by atoms with Crippen LogP contribution in [0.2, 0.25) is 0 Å². The lowest BCUT2D eigenvalue weighted by atomic mass is 10.1. The molecule has 3 aromatic rings. The first kappa shape index (κ1) is 14.2. The molecule has 0 unspecified atom stereocenters. The van der Waals surface area contributed by atoms with Gasteiger partial charge in [0.15, 0.2) is 5.69 Å². The van der Waals surface area contributed by atoms with Crippen molar-refractivity contribution in [3.63, 3.8) is 0 Å². The molecule has 0 radical (unpaired) electrons. The van der Waals surface area contributed by atoms with Crippen LogP contribution in [0, 0.1) is 6.92 Å². The maximum absolute atomic E-state index is 12.5. The summed E-state index contributed by atoms with van der Waals surface area (Å²) in [5.41, 5.74) is 3.20. The third-order valence-corrected chi connectivity index (χ3v) is 3.79. The van der Waals surface area contributed by atoms with Gasteiger partial charge in [0, 0.05) is 0 Å². The molecule has 0 fully saturated rings. The Morgan fingerprint density at radius 2 is 2.09 bits per heavy atom. The topological polar surface area (TPSA) is 85.6 Å². The van der Waals surface area contributed by atoms with Gasteiger partial charge in [-0.15, -0.1) is 0 Å². The number of aromatic nitrogens is 3. The fourth-order valence-electron chi connectivity index (χ4n) is 2.12. The Kier molecular flexibility index (Phi) is 3.60. The summed E-state index contributed by atoms with van der Waals surface area (Å²) in [6.45, 7) is 1.74. The minimum atomic E-state index is -0.514. The number of aryl methyl sites for hydroxylation is 1. The molecule has 0 atom stereocenters. The van der Waals surface area contributed by atoms with E-state index < -0.39 is 5.97 Å². The summed E-state index contributed by atoms with van der Waals surface area (Å²) in [4.78, 5) is 29.2. The van der Waals surface area contributed by atoms with Gasteiger partial charge in [0.2, 0.25) is 4.96 Å². The lowest BCUT2D eigenvalue weighted by Gasteiger charge is -2.09. The number of benzene rings is 1. The number of nitrogens with one attached hydrogen (secondary N) is 1. The van der Waals surface area contributed by atoms with Gasteiger partial charge in [0.05, 0.1) is 24.1 Å². The van der Waals surface area contributed by atoms with Crippen molar-refractivity contribution in [2.24, 2.45) is 0 Å². The molecule has 3 rings (SSSR count). The number of esters is 1. The van der Waals surface area contributed by atoms with E-state index in [-0.39, 0.29) is 11.5 Å². The molecule has 0 saturated heterocycles. The molecule has 1 aromatic carbocycles. The number of carbonyl (C=O) groups is 2. The monoisotopic (exact) mass is 316 g/mol. The van der Waals surface area contributed by atoms with E-state index in [1.54, 1.807) is 36.7 Å². The fraction of sp³-hybridized carbons (Fsp3) is 0.143. The van der Waals surface area contributed by atoms with Crippen molar-refractivity contribution in [2.75, 3.05) is 12.4 Å². The zero-order chi connectivity index (χ0) is 15.7. The number of methoxy groups -OCH3 is 1. The summed E-state index contributed by atoms with van der Waals surface area (Å²) >= 11 is 1.34. The van der Waals surface area contributed by atoms with Crippen LogP contribution in [0.5, 0.6) is 0 Å². The van der Waals surface area contributed by atoms with Gasteiger partial charge < -0.3 is 10.1 Å². The standard InChI is InChI=1S/C14H12N4O3S/c1-8-11(18-14(16-8)22-7-15-18)12(19)17-10-6-4-3-5-9(10)13(20)21-2/h3-7H,1-2H3,(H,17,19). The zero-order valence-electron chi connectivity index (χ0n) is 11.9. The number of hydrogen-bond donors (Lipinski definition) is 1. The Morgan fingerprint density at radius 1 is 1.32 bits per heavy atom. The van der Waals surface area contributed by atoms with E-state index in [9.17, 15) is 9.59 Å². The van der Waals surface area contributed by atoms with Gasteiger partial charge in [-0.05, 0) is 19.1 Å². The molecule has 7 nitrogen and oxygen atoms in total. The maximum atomic E-state index is 12.5. The highest BCUT2D eigenvalue weighted by Crippen LogP contribution is 2.19. The van der Waals surface area contributed by atoms with E-state index in [0.29, 0.717) is 22.0 Å². The lowest BCUT2D eigenvalue weighted by Crippen LogP contribution is -2.18. The summed E-state index contributed by atoms with van der Waals surface area (Å²) in [7, 11) is 1.29. The normalized spacial score (nSPS) is 10.6. The molecule has 0 spiro atoms. The average molecular weight is 316 g/mol. The molecule has 0 bridgehead atoms. The summed E-state index contributed by atoms with van der Waals surface area (Å²) < 4.78 is 6.19. The first-order valence-electron chi connectivity index (χ1n) is 6.39. The minimum absolute atomic E-state index is 0.287. The van der Waals surface area contributed by atoms with Crippen LogP contribution in [0.25, 0.3) is 4.96 Å². The SMILES string of the molecule is COC(=O)c1ccccc1NC(=O)c1c(C)nc2scnn12. The molecule has 0 aliphatic heterocycles. The third-order valence-electron chi connectivity index (χ3n) is 3.12. The maximum Gasteiger partial charge on any atom is 0.339 e. The first-order chi connectivity index (χ1) is 10.6. The molecule has 0 saturated carbocycles. The smallest absolute Gasteiger partial charge is 0.339 e. The van der Waals surface area contributed by atoms with Crippen molar-refractivity contribution in [3.8, 4) is 0 Å². The molecule has 8 heteroatoms. The van der Waals surface area contributed by atoms with Crippen LogP contribution < -0.4 is 5.32 Å². The quantitative estimate of drug-likeness (QED) is 0.748. The van der Waals surface area contributed by atoms with Crippen molar-refractivity contribution in [3.05, 3.63) is 46.7 Å². The molecule has 2 heterocycles. The van der Waals surface area contributed by atoms with Crippen LogP contribution in [-0.2, 0) is 4.74 Å². The van der Waals surface area contributed by atoms with E-state index >= 15 is 0 Å². The van der Waals surface area contributed by atoms with Crippen LogP contribution in [-0.4, -0.2) is 33.6 Å². The number of imidazole rings is 1. The van der Waals surface area contributed by atoms with E-state index in [2.05, 4.69) is 15.4 Å². The van der Waals surface area contributed by atoms with Gasteiger partial charge in [-0.2, -0.15) is 9.61 Å². The van der Waals surface area contributed by atoms with Crippen LogP contribution in [0.3, 0.4) is 0 Å². The second-order valence-corrected chi connectivity index (χ2v) is 5.28. The van der Waals surface area contributed by atoms with Crippen LogP contribution in [0.4, 0.5) is 5.69 Å². The number of amides is 1. The highest BCUT2D eigenvalue weighted by atomic mass is 32.1. The van der Waals surface area contributed by atoms with Crippen LogP contribution in [0.1, 0.15) is 26.5 Å². The van der Waals surface area contributed by atoms with Crippen molar-refractivity contribution in [1.82, 2.24) is 14.6 Å². The van der Waals surface area contributed by atoms with Gasteiger partial charge in [-0.3, -0.25) is 4.79 Å². The van der Waals surface area contributed by atoms with Crippen LogP contribution in [0.15, 0.2) is 29.8 Å². The summed E-state index contributed by atoms with van der Waals surface area (Å²) in [6, 6.07) is 6.65. The minimum Gasteiger partial charge on any atom is -0.465 e. The molecule has 1 amide bonds. The Bertz CT molecular complexity index is 868. The Balaban J connectivity index is 1.97. The number of carbonyl (C=O) groups excluding carboxylic acids is 2. The molecule has 2 aromatic heterocycles. The van der Waals surface area contributed by atoms with Crippen molar-refractivity contribution in [2.45, 2.75) is 6.92 Å². The molecule has 22 heavy (non-hydrogen) atoms. The molecular formula is C14H12N4O3S. The molecule has 112 valence electrons. The summed E-state index contributed by atoms with van der Waals surface area (Å²) in [5.74, 6) is -0.896. The number of fused-ring (bicyclic) bond motifs is 1. The van der Waals surface area contributed by atoms with Crippen molar-refractivity contribution in [1.29, 1.82) is 0 Å². The van der Waals surface area contributed by atoms with Gasteiger partial charge in [0.25, 0.3) is 5.91 Å². The van der Waals surface area contributed by atoms with Crippen molar-refractivity contribution < 1.29 is 14.3 Å². The Morgan fingerprint density at radius 3 is 2.86 bits per heavy atom. The molecule has 1 N–H and O–H groups in total. The van der Waals surface area contributed by atoms with E-state index in [1.807, 2.05) is 0 Å². The fourth-order valence-corrected chi connectivity index (χ4v) is 2.78. The second-order valence-electron chi connectivity index (χ2n) is 4.47. The summed E-state index contributed by atoms with van der Waals surface area (Å²) in [6.07, 6.45) is 0. The Labute approximate surface area is 129 Å². The number of nitrogens with zero attached hydrogens (tertiary/aromatic N) is 3. The van der Waals surface area contributed by atoms with Gasteiger partial charge in [0.1, 0.15) is 5.51 Å². The van der Waals surface area contributed by atoms with E-state index in [1.165, 1.54) is 23.0 Å². The largest absolute Gasteiger partial charge is 0.465 e. The number of ether oxygens (including phenoxy) is 1. The molecule has 0 aliphatic carbocycles. The lowest BCUT2D eigenvalue weighted by molar-refractivity contribution is 0.0602. The highest BCUT2D eigenvalue weighted by molar-refractivity contribution is 7.14. The van der Waals surface area contributed by atoms with Crippen molar-refractivity contribution >= 4 is 33.9 Å². The van der Waals surface area contributed by atoms with E-state index in [4.69, 9.17) is 4.74 Å². The zero-order valence-corrected chi connectivity index (χ0v) is 12.7. The number of hydrogen-bond acceptors (Lipinski definition) is 6. The first-order valence-corrected chi connectivity index (χ1v) is 7.27. The van der Waals surface area contributed by atoms with Crippen LogP contribution >= 0.6 is 11.3 Å². The third kappa shape index (κ3) is 2.33. The number of rotatable bonds is 3. The predicted octanol–water partition coefficient (Wildman–Crippen LogP) is 2.14. The van der Waals surface area contributed by atoms with E-state index in [0.717, 1.165) is 0 Å². The molecular weight excluding hydrogens is 304 g/mol. The number of anilines is 1. The van der Waals surface area contributed by atoms with Gasteiger partial charge in [-0.25, -0.2) is 9.78 Å². The Hall–Kier alpha value is -2.74.